The Morgan fingerprint density at radius 1 is 0.919 bits per heavy atom. The van der Waals surface area contributed by atoms with Gasteiger partial charge in [0, 0.05) is 42.2 Å². The fourth-order valence-corrected chi connectivity index (χ4v) is 5.66. The summed E-state index contributed by atoms with van der Waals surface area (Å²) in [5, 5.41) is 10.2. The zero-order valence-corrected chi connectivity index (χ0v) is 21.3. The molecule has 2 aliphatic rings. The van der Waals surface area contributed by atoms with E-state index in [1.165, 1.54) is 5.56 Å². The van der Waals surface area contributed by atoms with Crippen LogP contribution in [-0.4, -0.2) is 66.2 Å². The largest absolute Gasteiger partial charge is 0.497 e. The number of fused-ring (bicyclic) bond motifs is 1. The topological polar surface area (TPSA) is 53.0 Å². The van der Waals surface area contributed by atoms with Gasteiger partial charge in [-0.2, -0.15) is 0 Å². The molecular weight excluding hydrogens is 460 g/mol. The Morgan fingerprint density at radius 2 is 1.57 bits per heavy atom. The van der Waals surface area contributed by atoms with Gasteiger partial charge in [-0.25, -0.2) is 0 Å². The summed E-state index contributed by atoms with van der Waals surface area (Å²) in [5.74, 6) is 7.65. The lowest BCUT2D eigenvalue weighted by atomic mass is 9.74. The summed E-state index contributed by atoms with van der Waals surface area (Å²) in [7, 11) is 1.65. The van der Waals surface area contributed by atoms with Gasteiger partial charge in [-0.15, -0.1) is 0 Å². The molecule has 5 heteroatoms. The molecule has 2 saturated heterocycles. The fraction of sp³-hybridized carbons (Fsp3) is 0.344. The van der Waals surface area contributed by atoms with Crippen LogP contribution in [0, 0.1) is 11.8 Å². The number of aliphatic hydroxyl groups excluding tert-OH is 1. The van der Waals surface area contributed by atoms with E-state index in [1.54, 1.807) is 7.11 Å². The molecule has 0 aromatic heterocycles. The van der Waals surface area contributed by atoms with Gasteiger partial charge in [0.2, 0.25) is 5.91 Å². The average Bonchev–Trinajstić information content (AvgIpc) is 2.92. The Balaban J connectivity index is 1.30. The zero-order valence-electron chi connectivity index (χ0n) is 21.3. The van der Waals surface area contributed by atoms with Crippen LogP contribution >= 0.6 is 0 Å². The maximum Gasteiger partial charge on any atom is 0.227 e. The maximum absolute atomic E-state index is 13.2. The first-order valence-corrected chi connectivity index (χ1v) is 13.1. The van der Waals surface area contributed by atoms with Crippen molar-refractivity contribution < 1.29 is 14.6 Å². The van der Waals surface area contributed by atoms with Crippen LogP contribution in [0.15, 0.2) is 78.9 Å². The molecule has 5 rings (SSSR count). The van der Waals surface area contributed by atoms with Crippen LogP contribution < -0.4 is 4.74 Å². The van der Waals surface area contributed by atoms with Crippen molar-refractivity contribution in [1.29, 1.82) is 0 Å². The Kier molecular flexibility index (Phi) is 7.89. The van der Waals surface area contributed by atoms with E-state index in [2.05, 4.69) is 41.0 Å². The van der Waals surface area contributed by atoms with Crippen LogP contribution in [-0.2, 0) is 11.2 Å². The number of hydrogen-bond acceptors (Lipinski definition) is 4. The second-order valence-electron chi connectivity index (χ2n) is 9.89. The number of benzene rings is 3. The van der Waals surface area contributed by atoms with Gasteiger partial charge in [0.15, 0.2) is 0 Å². The standard InChI is InChI=1S/C32H34N2O3/c1-37-28-17-13-25(14-18-28)10-9-24-11-15-27(16-12-24)32-29-22-33(19-5-6-20-34(29)30(32)23-35)31(36)21-26-7-3-2-4-8-26/h2-4,7-8,11-18,29-30,32,35H,5-6,19-23H2,1H3/t29-,30+,32+/m0/s1. The van der Waals surface area contributed by atoms with Crippen LogP contribution in [0.2, 0.25) is 0 Å². The second kappa shape index (κ2) is 11.6. The molecule has 190 valence electrons. The van der Waals surface area contributed by atoms with Crippen molar-refractivity contribution in [2.45, 2.75) is 37.3 Å². The van der Waals surface area contributed by atoms with Crippen LogP contribution in [0.1, 0.15) is 41.0 Å². The molecule has 3 atom stereocenters. The van der Waals surface area contributed by atoms with Crippen LogP contribution in [0.4, 0.5) is 0 Å². The van der Waals surface area contributed by atoms with Crippen molar-refractivity contribution in [3.8, 4) is 17.6 Å². The third-order valence-corrected chi connectivity index (χ3v) is 7.66. The van der Waals surface area contributed by atoms with Crippen molar-refractivity contribution in [3.05, 3.63) is 101 Å². The molecule has 3 aromatic rings. The molecule has 2 heterocycles. The summed E-state index contributed by atoms with van der Waals surface area (Å²) in [5.41, 5.74) is 4.14. The Labute approximate surface area is 219 Å². The lowest BCUT2D eigenvalue weighted by molar-refractivity contribution is -0.135. The fourth-order valence-electron chi connectivity index (χ4n) is 5.66. The summed E-state index contributed by atoms with van der Waals surface area (Å²) in [6, 6.07) is 26.4. The first-order chi connectivity index (χ1) is 18.2. The Hall–Kier alpha value is -3.59. The van der Waals surface area contributed by atoms with Crippen molar-refractivity contribution in [2.24, 2.45) is 0 Å². The quantitative estimate of drug-likeness (QED) is 0.543. The molecule has 0 saturated carbocycles. The normalized spacial score (nSPS) is 21.5. The highest BCUT2D eigenvalue weighted by Gasteiger charge is 2.49. The number of amides is 1. The first kappa shape index (κ1) is 25.1. The monoisotopic (exact) mass is 494 g/mol. The number of nitrogens with zero attached hydrogens (tertiary/aromatic N) is 2. The predicted octanol–water partition coefficient (Wildman–Crippen LogP) is 4.09. The number of aliphatic hydroxyl groups is 1. The van der Waals surface area contributed by atoms with Crippen molar-refractivity contribution >= 4 is 5.91 Å². The zero-order chi connectivity index (χ0) is 25.6. The van der Waals surface area contributed by atoms with Crippen molar-refractivity contribution in [3.63, 3.8) is 0 Å². The van der Waals surface area contributed by atoms with Crippen LogP contribution in [0.25, 0.3) is 0 Å². The van der Waals surface area contributed by atoms with E-state index in [0.29, 0.717) is 13.0 Å². The van der Waals surface area contributed by atoms with Gasteiger partial charge in [-0.1, -0.05) is 54.3 Å². The smallest absolute Gasteiger partial charge is 0.227 e. The van der Waals surface area contributed by atoms with E-state index in [9.17, 15) is 9.90 Å². The summed E-state index contributed by atoms with van der Waals surface area (Å²) in [6.07, 6.45) is 2.46. The van der Waals surface area contributed by atoms with Gasteiger partial charge in [0.05, 0.1) is 20.1 Å². The number of ether oxygens (including phenoxy) is 1. The van der Waals surface area contributed by atoms with Gasteiger partial charge in [-0.05, 0) is 66.9 Å². The Morgan fingerprint density at radius 3 is 2.22 bits per heavy atom. The minimum atomic E-state index is 0.0883. The van der Waals surface area contributed by atoms with Gasteiger partial charge in [0.1, 0.15) is 5.75 Å². The molecule has 2 fully saturated rings. The molecule has 0 aliphatic carbocycles. The lowest BCUT2D eigenvalue weighted by Gasteiger charge is -2.57. The van der Waals surface area contributed by atoms with Crippen molar-refractivity contribution in [1.82, 2.24) is 9.80 Å². The van der Waals surface area contributed by atoms with Gasteiger partial charge >= 0.3 is 0 Å². The molecule has 0 spiro atoms. The summed E-state index contributed by atoms with van der Waals surface area (Å²) in [4.78, 5) is 17.7. The number of rotatable bonds is 5. The molecule has 37 heavy (non-hydrogen) atoms. The minimum Gasteiger partial charge on any atom is -0.497 e. The second-order valence-corrected chi connectivity index (χ2v) is 9.89. The summed E-state index contributed by atoms with van der Waals surface area (Å²) < 4.78 is 5.21. The van der Waals surface area contributed by atoms with E-state index >= 15 is 0 Å². The van der Waals surface area contributed by atoms with E-state index in [0.717, 1.165) is 48.4 Å². The molecule has 2 aliphatic heterocycles. The third-order valence-electron chi connectivity index (χ3n) is 7.66. The molecule has 1 amide bonds. The average molecular weight is 495 g/mol. The number of carbonyl (C=O) groups excluding carboxylic acids is 1. The highest BCUT2D eigenvalue weighted by atomic mass is 16.5. The highest BCUT2D eigenvalue weighted by molar-refractivity contribution is 5.78. The van der Waals surface area contributed by atoms with Gasteiger partial charge in [-0.3, -0.25) is 9.69 Å². The molecular formula is C32H34N2O3. The molecule has 0 radical (unpaired) electrons. The van der Waals surface area contributed by atoms with Crippen LogP contribution in [0.5, 0.6) is 5.75 Å². The minimum absolute atomic E-state index is 0.0883. The molecule has 0 bridgehead atoms. The maximum atomic E-state index is 13.2. The van der Waals surface area contributed by atoms with E-state index in [-0.39, 0.29) is 30.5 Å². The first-order valence-electron chi connectivity index (χ1n) is 13.1. The van der Waals surface area contributed by atoms with Crippen LogP contribution in [0.3, 0.4) is 0 Å². The molecule has 3 aromatic carbocycles. The van der Waals surface area contributed by atoms with E-state index in [4.69, 9.17) is 4.74 Å². The SMILES string of the molecule is COc1ccc(C#Cc2ccc([C@H]3[C@@H](CO)N4CCCCN(C(=O)Cc5ccccc5)C[C@@H]34)cc2)cc1. The van der Waals surface area contributed by atoms with Crippen molar-refractivity contribution in [2.75, 3.05) is 33.4 Å². The summed E-state index contributed by atoms with van der Waals surface area (Å²) in [6.45, 7) is 2.59. The van der Waals surface area contributed by atoms with Gasteiger partial charge in [0.25, 0.3) is 0 Å². The number of hydrogen-bond donors (Lipinski definition) is 1. The Bertz CT molecular complexity index is 1250. The number of carbonyl (C=O) groups is 1. The molecule has 1 N–H and O–H groups in total. The third kappa shape index (κ3) is 5.72. The summed E-state index contributed by atoms with van der Waals surface area (Å²) >= 11 is 0. The van der Waals surface area contributed by atoms with E-state index < -0.39 is 0 Å². The number of methoxy groups -OCH3 is 1. The van der Waals surface area contributed by atoms with Gasteiger partial charge < -0.3 is 14.7 Å². The highest BCUT2D eigenvalue weighted by Crippen LogP contribution is 2.42. The molecule has 0 unspecified atom stereocenters. The molecule has 5 nitrogen and oxygen atoms in total. The predicted molar refractivity (Wildman–Crippen MR) is 145 cm³/mol. The van der Waals surface area contributed by atoms with E-state index in [1.807, 2.05) is 59.5 Å². The lowest BCUT2D eigenvalue weighted by Crippen LogP contribution is -2.68.